The number of benzene rings is 2. The molecule has 3 rings (SSSR count). The minimum absolute atomic E-state index is 0.188. The summed E-state index contributed by atoms with van der Waals surface area (Å²) in [6.07, 6.45) is 5.53. The van der Waals surface area contributed by atoms with Gasteiger partial charge in [-0.05, 0) is 60.0 Å². The van der Waals surface area contributed by atoms with Gasteiger partial charge in [0.05, 0.1) is 5.69 Å². The lowest BCUT2D eigenvalue weighted by Crippen LogP contribution is -2.23. The molecule has 0 atom stereocenters. The minimum atomic E-state index is -0.267. The summed E-state index contributed by atoms with van der Waals surface area (Å²) in [4.78, 5) is 16.1. The van der Waals surface area contributed by atoms with Gasteiger partial charge in [-0.3, -0.25) is 9.78 Å². The van der Waals surface area contributed by atoms with E-state index in [2.05, 4.69) is 10.3 Å². The van der Waals surface area contributed by atoms with Crippen molar-refractivity contribution in [3.05, 3.63) is 102 Å². The Kier molecular flexibility index (Phi) is 6.90. The molecule has 0 radical (unpaired) electrons. The second-order valence-corrected chi connectivity index (χ2v) is 6.18. The van der Waals surface area contributed by atoms with Gasteiger partial charge in [-0.1, -0.05) is 30.3 Å². The van der Waals surface area contributed by atoms with Crippen molar-refractivity contribution in [1.29, 1.82) is 0 Å². The van der Waals surface area contributed by atoms with Crippen LogP contribution < -0.4 is 10.1 Å². The number of hydrogen-bond donors (Lipinski definition) is 1. The molecule has 0 saturated heterocycles. The van der Waals surface area contributed by atoms with E-state index in [0.717, 1.165) is 22.6 Å². The van der Waals surface area contributed by atoms with Crippen molar-refractivity contribution in [1.82, 2.24) is 10.3 Å². The van der Waals surface area contributed by atoms with E-state index in [1.54, 1.807) is 18.3 Å². The normalized spacial score (nSPS) is 10.8. The Morgan fingerprint density at radius 1 is 1.07 bits per heavy atom. The van der Waals surface area contributed by atoms with Crippen LogP contribution in [-0.2, 0) is 17.8 Å². The Balaban J connectivity index is 1.42. The van der Waals surface area contributed by atoms with E-state index in [4.69, 9.17) is 4.74 Å². The van der Waals surface area contributed by atoms with E-state index in [1.165, 1.54) is 18.2 Å². The van der Waals surface area contributed by atoms with Crippen molar-refractivity contribution >= 4 is 12.0 Å². The van der Waals surface area contributed by atoms with Crippen molar-refractivity contribution in [2.75, 3.05) is 6.54 Å². The molecule has 0 spiro atoms. The highest BCUT2D eigenvalue weighted by atomic mass is 19.1. The van der Waals surface area contributed by atoms with E-state index in [9.17, 15) is 9.18 Å². The summed E-state index contributed by atoms with van der Waals surface area (Å²) in [5.41, 5.74) is 2.61. The smallest absolute Gasteiger partial charge is 0.244 e. The molecule has 0 fully saturated rings. The van der Waals surface area contributed by atoms with E-state index in [0.29, 0.717) is 19.6 Å². The van der Waals surface area contributed by atoms with Crippen molar-refractivity contribution < 1.29 is 13.9 Å². The number of hydrogen-bond acceptors (Lipinski definition) is 3. The van der Waals surface area contributed by atoms with Crippen LogP contribution in [0.5, 0.6) is 5.75 Å². The Morgan fingerprint density at radius 2 is 1.93 bits per heavy atom. The maximum atomic E-state index is 13.1. The van der Waals surface area contributed by atoms with Crippen LogP contribution in [0.1, 0.15) is 16.8 Å². The molecule has 0 unspecified atom stereocenters. The minimum Gasteiger partial charge on any atom is -0.487 e. The number of nitrogens with one attached hydrogen (secondary N) is 1. The van der Waals surface area contributed by atoms with Gasteiger partial charge in [0.25, 0.3) is 0 Å². The van der Waals surface area contributed by atoms with E-state index in [-0.39, 0.29) is 11.7 Å². The van der Waals surface area contributed by atoms with Crippen LogP contribution in [0, 0.1) is 5.82 Å². The third-order valence-corrected chi connectivity index (χ3v) is 4.02. The quantitative estimate of drug-likeness (QED) is 0.600. The van der Waals surface area contributed by atoms with Gasteiger partial charge >= 0.3 is 0 Å². The Labute approximate surface area is 163 Å². The molecule has 0 aliphatic rings. The first-order valence-corrected chi connectivity index (χ1v) is 9.02. The monoisotopic (exact) mass is 376 g/mol. The molecule has 0 aliphatic heterocycles. The molecule has 3 aromatic rings. The Morgan fingerprint density at radius 3 is 2.68 bits per heavy atom. The number of aromatic nitrogens is 1. The van der Waals surface area contributed by atoms with Gasteiger partial charge in [0.1, 0.15) is 18.2 Å². The lowest BCUT2D eigenvalue weighted by Gasteiger charge is -2.06. The zero-order valence-electron chi connectivity index (χ0n) is 15.3. The number of carbonyl (C=O) groups is 1. The summed E-state index contributed by atoms with van der Waals surface area (Å²) in [6.45, 7) is 0.858. The molecule has 4 nitrogen and oxygen atoms in total. The zero-order valence-corrected chi connectivity index (χ0v) is 15.3. The highest BCUT2D eigenvalue weighted by Crippen LogP contribution is 2.14. The second kappa shape index (κ2) is 10.0. The van der Waals surface area contributed by atoms with Gasteiger partial charge in [-0.25, -0.2) is 4.39 Å². The summed E-state index contributed by atoms with van der Waals surface area (Å²) >= 11 is 0. The van der Waals surface area contributed by atoms with Gasteiger partial charge in [0.2, 0.25) is 5.91 Å². The number of carbonyl (C=O) groups excluding carboxylic acids is 1. The molecular formula is C23H21FN2O2. The first-order chi connectivity index (χ1) is 13.7. The highest BCUT2D eigenvalue weighted by molar-refractivity contribution is 5.91. The number of ether oxygens (including phenoxy) is 1. The number of rotatable bonds is 8. The van der Waals surface area contributed by atoms with Crippen molar-refractivity contribution in [3.63, 3.8) is 0 Å². The van der Waals surface area contributed by atoms with Crippen LogP contribution in [0.4, 0.5) is 4.39 Å². The standard InChI is InChI=1S/C23H21FN2O2/c24-20-5-3-4-19(16-20)13-15-26-23(27)12-9-18-7-10-22(11-8-18)28-17-21-6-1-2-14-25-21/h1-12,14,16H,13,15,17H2,(H,26,27)/b12-9+. The number of nitrogens with zero attached hydrogens (tertiary/aromatic N) is 1. The lowest BCUT2D eigenvalue weighted by atomic mass is 10.1. The van der Waals surface area contributed by atoms with Crippen LogP contribution >= 0.6 is 0 Å². The zero-order chi connectivity index (χ0) is 19.6. The number of pyridine rings is 1. The average Bonchev–Trinajstić information content (AvgIpc) is 2.72. The van der Waals surface area contributed by atoms with E-state index in [1.807, 2.05) is 48.5 Å². The van der Waals surface area contributed by atoms with Gasteiger partial charge in [-0.2, -0.15) is 0 Å². The largest absolute Gasteiger partial charge is 0.487 e. The molecule has 0 bridgehead atoms. The van der Waals surface area contributed by atoms with Gasteiger partial charge < -0.3 is 10.1 Å². The Hall–Kier alpha value is -3.47. The molecule has 0 saturated carbocycles. The molecule has 2 aromatic carbocycles. The number of halogens is 1. The summed E-state index contributed by atoms with van der Waals surface area (Å²) in [7, 11) is 0. The van der Waals surface area contributed by atoms with Crippen LogP contribution in [0.3, 0.4) is 0 Å². The van der Waals surface area contributed by atoms with Crippen molar-refractivity contribution in [3.8, 4) is 5.75 Å². The predicted molar refractivity (Wildman–Crippen MR) is 107 cm³/mol. The summed E-state index contributed by atoms with van der Waals surface area (Å²) in [5.74, 6) is 0.283. The summed E-state index contributed by atoms with van der Waals surface area (Å²) in [5, 5.41) is 2.79. The molecule has 1 heterocycles. The van der Waals surface area contributed by atoms with Crippen molar-refractivity contribution in [2.45, 2.75) is 13.0 Å². The van der Waals surface area contributed by atoms with Gasteiger partial charge in [-0.15, -0.1) is 0 Å². The first-order valence-electron chi connectivity index (χ1n) is 9.02. The van der Waals surface area contributed by atoms with Gasteiger partial charge in [0.15, 0.2) is 0 Å². The van der Waals surface area contributed by atoms with Crippen molar-refractivity contribution in [2.24, 2.45) is 0 Å². The molecule has 0 aliphatic carbocycles. The fourth-order valence-electron chi connectivity index (χ4n) is 2.57. The maximum Gasteiger partial charge on any atom is 0.244 e. The van der Waals surface area contributed by atoms with Crippen LogP contribution in [0.15, 0.2) is 79.0 Å². The summed E-state index contributed by atoms with van der Waals surface area (Å²) < 4.78 is 18.8. The molecule has 1 amide bonds. The molecule has 1 N–H and O–H groups in total. The molecule has 28 heavy (non-hydrogen) atoms. The molecular weight excluding hydrogens is 355 g/mol. The van der Waals surface area contributed by atoms with Gasteiger partial charge in [0, 0.05) is 18.8 Å². The topological polar surface area (TPSA) is 51.2 Å². The summed E-state index contributed by atoms with van der Waals surface area (Å²) in [6, 6.07) is 19.5. The van der Waals surface area contributed by atoms with Crippen LogP contribution in [0.2, 0.25) is 0 Å². The third-order valence-electron chi connectivity index (χ3n) is 4.02. The Bertz CT molecular complexity index is 925. The molecule has 142 valence electrons. The average molecular weight is 376 g/mol. The molecule has 5 heteroatoms. The second-order valence-electron chi connectivity index (χ2n) is 6.18. The maximum absolute atomic E-state index is 13.1. The highest BCUT2D eigenvalue weighted by Gasteiger charge is 1.99. The fraction of sp³-hybridized carbons (Fsp3) is 0.130. The SMILES string of the molecule is O=C(/C=C/c1ccc(OCc2ccccn2)cc1)NCCc1cccc(F)c1. The van der Waals surface area contributed by atoms with Crippen LogP contribution in [-0.4, -0.2) is 17.4 Å². The fourth-order valence-corrected chi connectivity index (χ4v) is 2.57. The third kappa shape index (κ3) is 6.36. The predicted octanol–water partition coefficient (Wildman–Crippen LogP) is 4.17. The number of amides is 1. The first kappa shape index (κ1) is 19.3. The molecule has 1 aromatic heterocycles. The lowest BCUT2D eigenvalue weighted by molar-refractivity contribution is -0.116. The van der Waals surface area contributed by atoms with E-state index >= 15 is 0 Å². The van der Waals surface area contributed by atoms with Crippen LogP contribution in [0.25, 0.3) is 6.08 Å². The van der Waals surface area contributed by atoms with E-state index < -0.39 is 0 Å².